The molecule has 0 radical (unpaired) electrons. The average Bonchev–Trinajstić information content (AvgIpc) is 3.63. The van der Waals surface area contributed by atoms with Crippen molar-refractivity contribution < 1.29 is 4.42 Å². The molecule has 11 rings (SSSR count). The van der Waals surface area contributed by atoms with Gasteiger partial charge in [-0.05, 0) is 115 Å². The summed E-state index contributed by atoms with van der Waals surface area (Å²) in [6.07, 6.45) is 0. The largest absolute Gasteiger partial charge is 0.456 e. The van der Waals surface area contributed by atoms with Gasteiger partial charge in [0, 0.05) is 27.7 Å². The van der Waals surface area contributed by atoms with Gasteiger partial charge in [-0.15, -0.1) is 0 Å². The fourth-order valence-electron chi connectivity index (χ4n) is 8.51. The van der Waals surface area contributed by atoms with Gasteiger partial charge in [-0.3, -0.25) is 0 Å². The molecule has 1 heterocycles. The predicted octanol–water partition coefficient (Wildman–Crippen LogP) is 15.5. The third kappa shape index (κ3) is 5.42. The lowest BCUT2D eigenvalue weighted by Gasteiger charge is -2.29. The minimum atomic E-state index is 0.888. The zero-order valence-electron chi connectivity index (χ0n) is 30.6. The number of benzene rings is 10. The Kier molecular flexibility index (Phi) is 7.53. The Labute approximate surface area is 325 Å². The van der Waals surface area contributed by atoms with Crippen molar-refractivity contribution in [1.29, 1.82) is 0 Å². The second-order valence-electron chi connectivity index (χ2n) is 14.5. The second-order valence-corrected chi connectivity index (χ2v) is 14.5. The molecule has 0 spiro atoms. The van der Waals surface area contributed by atoms with Gasteiger partial charge in [0.15, 0.2) is 0 Å². The van der Waals surface area contributed by atoms with Gasteiger partial charge in [0.2, 0.25) is 0 Å². The summed E-state index contributed by atoms with van der Waals surface area (Å²) in [5.74, 6) is 0. The minimum absolute atomic E-state index is 0.888. The first kappa shape index (κ1) is 32.0. The molecule has 0 atom stereocenters. The van der Waals surface area contributed by atoms with E-state index < -0.39 is 0 Å². The van der Waals surface area contributed by atoms with Crippen LogP contribution in [0.1, 0.15) is 0 Å². The summed E-state index contributed by atoms with van der Waals surface area (Å²) < 4.78 is 6.43. The highest BCUT2D eigenvalue weighted by Crippen LogP contribution is 2.46. The van der Waals surface area contributed by atoms with E-state index in [1.165, 1.54) is 54.6 Å². The van der Waals surface area contributed by atoms with Gasteiger partial charge in [-0.1, -0.05) is 158 Å². The molecule has 56 heavy (non-hydrogen) atoms. The monoisotopic (exact) mass is 713 g/mol. The molecule has 2 heteroatoms. The van der Waals surface area contributed by atoms with E-state index in [0.29, 0.717) is 0 Å². The lowest BCUT2D eigenvalue weighted by Crippen LogP contribution is -2.11. The van der Waals surface area contributed by atoms with Gasteiger partial charge in [-0.2, -0.15) is 0 Å². The molecule has 10 aromatic carbocycles. The Morgan fingerprint density at radius 1 is 0.286 bits per heavy atom. The number of rotatable bonds is 6. The summed E-state index contributed by atoms with van der Waals surface area (Å²) in [5.41, 5.74) is 12.1. The number of fused-ring (bicyclic) bond motifs is 7. The number of furan rings is 1. The van der Waals surface area contributed by atoms with Crippen LogP contribution in [0, 0.1) is 0 Å². The van der Waals surface area contributed by atoms with Crippen LogP contribution in [0.4, 0.5) is 17.1 Å². The Bertz CT molecular complexity index is 3250. The van der Waals surface area contributed by atoms with Gasteiger partial charge < -0.3 is 9.32 Å². The topological polar surface area (TPSA) is 16.4 Å². The summed E-state index contributed by atoms with van der Waals surface area (Å²) in [6.45, 7) is 0. The van der Waals surface area contributed by atoms with E-state index in [9.17, 15) is 0 Å². The van der Waals surface area contributed by atoms with Gasteiger partial charge in [0.05, 0.1) is 5.69 Å². The fourth-order valence-corrected chi connectivity index (χ4v) is 8.51. The molecular weight excluding hydrogens is 679 g/mol. The predicted molar refractivity (Wildman–Crippen MR) is 237 cm³/mol. The van der Waals surface area contributed by atoms with Crippen molar-refractivity contribution in [2.24, 2.45) is 0 Å². The van der Waals surface area contributed by atoms with Crippen LogP contribution in [-0.4, -0.2) is 0 Å². The smallest absolute Gasteiger partial charge is 0.136 e. The number of para-hydroxylation sites is 1. The van der Waals surface area contributed by atoms with Crippen LogP contribution in [0.15, 0.2) is 217 Å². The van der Waals surface area contributed by atoms with Crippen molar-refractivity contribution in [2.45, 2.75) is 0 Å². The molecule has 262 valence electrons. The highest BCUT2D eigenvalue weighted by Gasteiger charge is 2.21. The van der Waals surface area contributed by atoms with E-state index in [-0.39, 0.29) is 0 Å². The SMILES string of the molecule is c1ccc(-c2ccc(N(c3ccc4c(ccc5ccccc54)c3)c3ccccc3-c3ccc4oc5cc6ccccc6cc5c4c3)cc2-c2ccccc2)cc1. The molecule has 0 aliphatic heterocycles. The van der Waals surface area contributed by atoms with Crippen LogP contribution in [-0.2, 0) is 0 Å². The molecule has 0 saturated heterocycles. The first-order valence-electron chi connectivity index (χ1n) is 19.2. The number of nitrogens with zero attached hydrogens (tertiary/aromatic N) is 1. The van der Waals surface area contributed by atoms with E-state index in [1.807, 2.05) is 0 Å². The van der Waals surface area contributed by atoms with Crippen LogP contribution in [0.3, 0.4) is 0 Å². The maximum Gasteiger partial charge on any atom is 0.136 e. The number of hydrogen-bond donors (Lipinski definition) is 0. The summed E-state index contributed by atoms with van der Waals surface area (Å²) in [7, 11) is 0. The molecule has 0 N–H and O–H groups in total. The minimum Gasteiger partial charge on any atom is -0.456 e. The van der Waals surface area contributed by atoms with Crippen molar-refractivity contribution in [3.05, 3.63) is 212 Å². The number of hydrogen-bond acceptors (Lipinski definition) is 2. The summed E-state index contributed by atoms with van der Waals surface area (Å²) >= 11 is 0. The highest BCUT2D eigenvalue weighted by atomic mass is 16.3. The standard InChI is InChI=1S/C54H35NO/c1-3-13-36(14-4-1)46-28-27-44(35-49(46)37-15-5-2-6-16-37)55(43-26-29-47-41(31-43)24-23-38-17-9-10-20-45(38)47)52-22-12-11-21-48(52)42-25-30-53-50(33-42)51-32-39-18-7-8-19-40(39)34-54(51)56-53/h1-35H. The average molecular weight is 714 g/mol. The van der Waals surface area contributed by atoms with E-state index in [4.69, 9.17) is 4.42 Å². The maximum absolute atomic E-state index is 6.43. The van der Waals surface area contributed by atoms with E-state index in [2.05, 4.69) is 217 Å². The Morgan fingerprint density at radius 3 is 1.71 bits per heavy atom. The number of anilines is 3. The first-order valence-corrected chi connectivity index (χ1v) is 19.2. The van der Waals surface area contributed by atoms with Gasteiger partial charge in [0.25, 0.3) is 0 Å². The molecule has 0 unspecified atom stereocenters. The summed E-state index contributed by atoms with van der Waals surface area (Å²) in [5, 5.41) is 9.57. The van der Waals surface area contributed by atoms with Crippen molar-refractivity contribution in [3.63, 3.8) is 0 Å². The summed E-state index contributed by atoms with van der Waals surface area (Å²) in [4.78, 5) is 2.43. The highest BCUT2D eigenvalue weighted by molar-refractivity contribution is 6.12. The molecule has 1 aromatic heterocycles. The molecule has 0 amide bonds. The third-order valence-corrected chi connectivity index (χ3v) is 11.2. The van der Waals surface area contributed by atoms with E-state index in [0.717, 1.165) is 50.1 Å². The fraction of sp³-hybridized carbons (Fsp3) is 0. The molecular formula is C54H35NO. The van der Waals surface area contributed by atoms with Gasteiger partial charge in [-0.25, -0.2) is 0 Å². The Hall–Kier alpha value is -7.42. The third-order valence-electron chi connectivity index (χ3n) is 11.2. The van der Waals surface area contributed by atoms with Crippen molar-refractivity contribution >= 4 is 71.3 Å². The van der Waals surface area contributed by atoms with E-state index in [1.54, 1.807) is 0 Å². The molecule has 0 aliphatic rings. The molecule has 11 aromatic rings. The second kappa shape index (κ2) is 13.2. The molecule has 0 bridgehead atoms. The lowest BCUT2D eigenvalue weighted by molar-refractivity contribution is 0.669. The van der Waals surface area contributed by atoms with Crippen LogP contribution < -0.4 is 4.90 Å². The molecule has 0 fully saturated rings. The van der Waals surface area contributed by atoms with Crippen molar-refractivity contribution in [3.8, 4) is 33.4 Å². The Morgan fingerprint density at radius 2 is 0.893 bits per heavy atom. The van der Waals surface area contributed by atoms with Crippen molar-refractivity contribution in [1.82, 2.24) is 0 Å². The van der Waals surface area contributed by atoms with Crippen LogP contribution in [0.5, 0.6) is 0 Å². The molecule has 2 nitrogen and oxygen atoms in total. The van der Waals surface area contributed by atoms with Gasteiger partial charge >= 0.3 is 0 Å². The Balaban J connectivity index is 1.14. The zero-order valence-corrected chi connectivity index (χ0v) is 30.6. The summed E-state index contributed by atoms with van der Waals surface area (Å²) in [6, 6.07) is 76.7. The quantitative estimate of drug-likeness (QED) is 0.160. The van der Waals surface area contributed by atoms with Crippen LogP contribution in [0.2, 0.25) is 0 Å². The molecule has 0 aliphatic carbocycles. The van der Waals surface area contributed by atoms with E-state index >= 15 is 0 Å². The van der Waals surface area contributed by atoms with Crippen LogP contribution in [0.25, 0.3) is 87.6 Å². The molecule has 0 saturated carbocycles. The normalized spacial score (nSPS) is 11.6. The van der Waals surface area contributed by atoms with Crippen molar-refractivity contribution in [2.75, 3.05) is 4.90 Å². The maximum atomic E-state index is 6.43. The first-order chi connectivity index (χ1) is 27.7. The lowest BCUT2D eigenvalue weighted by atomic mass is 9.93. The van der Waals surface area contributed by atoms with Crippen LogP contribution >= 0.6 is 0 Å². The zero-order chi connectivity index (χ0) is 37.0. The van der Waals surface area contributed by atoms with Gasteiger partial charge in [0.1, 0.15) is 11.2 Å².